The number of aromatic nitrogens is 2. The summed E-state index contributed by atoms with van der Waals surface area (Å²) in [6, 6.07) is 10.4. The number of thiocarbonyl (C=S) groups is 1. The summed E-state index contributed by atoms with van der Waals surface area (Å²) < 4.78 is 20.7. The van der Waals surface area contributed by atoms with Crippen LogP contribution >= 0.6 is 12.2 Å². The molecule has 0 unspecified atom stereocenters. The van der Waals surface area contributed by atoms with Gasteiger partial charge in [-0.2, -0.15) is 0 Å². The fourth-order valence-corrected chi connectivity index (χ4v) is 3.89. The summed E-state index contributed by atoms with van der Waals surface area (Å²) in [7, 11) is 1.57. The van der Waals surface area contributed by atoms with Crippen molar-refractivity contribution in [2.45, 2.75) is 13.0 Å². The Morgan fingerprint density at radius 2 is 2.03 bits per heavy atom. The van der Waals surface area contributed by atoms with E-state index in [0.29, 0.717) is 11.3 Å². The van der Waals surface area contributed by atoms with Gasteiger partial charge in [0, 0.05) is 6.20 Å². The maximum Gasteiger partial charge on any atom is 0.277 e. The summed E-state index contributed by atoms with van der Waals surface area (Å²) >= 11 is 5.35. The van der Waals surface area contributed by atoms with Crippen LogP contribution < -0.4 is 10.1 Å². The molecule has 1 atom stereocenters. The van der Waals surface area contributed by atoms with E-state index in [9.17, 15) is 14.3 Å². The zero-order valence-electron chi connectivity index (χ0n) is 17.4. The minimum Gasteiger partial charge on any atom is -0.495 e. The van der Waals surface area contributed by atoms with Crippen molar-refractivity contribution in [1.29, 1.82) is 0 Å². The second-order valence-electron chi connectivity index (χ2n) is 7.27. The number of nitrogens with zero attached hydrogens (tertiary/aromatic N) is 3. The molecule has 1 aliphatic rings. The van der Waals surface area contributed by atoms with Crippen LogP contribution in [0.3, 0.4) is 0 Å². The first-order chi connectivity index (χ1) is 15.4. The predicted octanol–water partition coefficient (Wildman–Crippen LogP) is 3.12. The van der Waals surface area contributed by atoms with E-state index in [1.807, 2.05) is 35.9 Å². The van der Waals surface area contributed by atoms with Crippen LogP contribution in [-0.2, 0) is 4.79 Å². The van der Waals surface area contributed by atoms with E-state index < -0.39 is 11.9 Å². The number of aryl methyl sites for hydroxylation is 1. The molecule has 0 radical (unpaired) electrons. The van der Waals surface area contributed by atoms with Crippen molar-refractivity contribution < 1.29 is 19.0 Å². The summed E-state index contributed by atoms with van der Waals surface area (Å²) in [6.07, 6.45) is 5.26. The number of rotatable bonds is 6. The highest BCUT2D eigenvalue weighted by Gasteiger charge is 2.36. The van der Waals surface area contributed by atoms with Gasteiger partial charge in [0.05, 0.1) is 37.5 Å². The normalized spacial score (nSPS) is 15.9. The van der Waals surface area contributed by atoms with Gasteiger partial charge < -0.3 is 19.7 Å². The van der Waals surface area contributed by atoms with Crippen molar-refractivity contribution >= 4 is 29.3 Å². The third kappa shape index (κ3) is 4.12. The molecule has 1 saturated heterocycles. The number of amides is 1. The standard InChI is InChI=1S/C23H21FN4O3S/c1-14-11-27(13-25-14)19-8-3-15(10-21(19)31-2)9-18-22(30)28(23(32)26-18)20(12-29)16-4-6-17(24)7-5-16/h3-11,13,20,29H,12H2,1-2H3,(H,26,32)/b18-9-/t20-/m1/s1. The van der Waals surface area contributed by atoms with E-state index in [2.05, 4.69) is 10.3 Å². The average molecular weight is 453 g/mol. The van der Waals surface area contributed by atoms with E-state index in [4.69, 9.17) is 17.0 Å². The lowest BCUT2D eigenvalue weighted by Gasteiger charge is -2.25. The number of aliphatic hydroxyl groups excluding tert-OH is 1. The fourth-order valence-electron chi connectivity index (χ4n) is 3.57. The van der Waals surface area contributed by atoms with Crippen molar-refractivity contribution in [1.82, 2.24) is 19.8 Å². The van der Waals surface area contributed by atoms with Crippen LogP contribution in [0.25, 0.3) is 11.8 Å². The van der Waals surface area contributed by atoms with E-state index in [1.54, 1.807) is 19.5 Å². The lowest BCUT2D eigenvalue weighted by Crippen LogP contribution is -2.36. The monoisotopic (exact) mass is 452 g/mol. The third-order valence-electron chi connectivity index (χ3n) is 5.15. The zero-order chi connectivity index (χ0) is 22.8. The molecule has 2 aromatic carbocycles. The highest BCUT2D eigenvalue weighted by Crippen LogP contribution is 2.29. The molecule has 2 heterocycles. The lowest BCUT2D eigenvalue weighted by molar-refractivity contribution is -0.124. The molecule has 4 rings (SSSR count). The lowest BCUT2D eigenvalue weighted by atomic mass is 10.1. The minimum atomic E-state index is -0.726. The molecule has 0 aliphatic carbocycles. The number of aliphatic hydroxyl groups is 1. The van der Waals surface area contributed by atoms with Gasteiger partial charge in [0.25, 0.3) is 5.91 Å². The number of benzene rings is 2. The molecule has 0 saturated carbocycles. The second kappa shape index (κ2) is 8.89. The van der Waals surface area contributed by atoms with Crippen molar-refractivity contribution in [2.24, 2.45) is 0 Å². The second-order valence-corrected chi connectivity index (χ2v) is 7.65. The van der Waals surface area contributed by atoms with Crippen molar-refractivity contribution in [2.75, 3.05) is 13.7 Å². The maximum atomic E-state index is 13.3. The first-order valence-corrected chi connectivity index (χ1v) is 10.2. The molecule has 32 heavy (non-hydrogen) atoms. The van der Waals surface area contributed by atoms with E-state index >= 15 is 0 Å². The Morgan fingerprint density at radius 1 is 1.28 bits per heavy atom. The van der Waals surface area contributed by atoms with Gasteiger partial charge in [-0.05, 0) is 60.6 Å². The summed E-state index contributed by atoms with van der Waals surface area (Å²) in [4.78, 5) is 18.6. The van der Waals surface area contributed by atoms with Crippen molar-refractivity contribution in [3.8, 4) is 11.4 Å². The highest BCUT2D eigenvalue weighted by atomic mass is 32.1. The Balaban J connectivity index is 1.63. The first kappa shape index (κ1) is 21.7. The Morgan fingerprint density at radius 3 is 2.66 bits per heavy atom. The number of carbonyl (C=O) groups is 1. The molecule has 1 aromatic heterocycles. The van der Waals surface area contributed by atoms with Crippen LogP contribution in [-0.4, -0.2) is 44.3 Å². The van der Waals surface area contributed by atoms with Gasteiger partial charge in [0.15, 0.2) is 5.11 Å². The average Bonchev–Trinajstić information content (AvgIpc) is 3.33. The molecule has 1 fully saturated rings. The highest BCUT2D eigenvalue weighted by molar-refractivity contribution is 7.80. The molecular formula is C23H21FN4O3S. The van der Waals surface area contributed by atoms with Gasteiger partial charge >= 0.3 is 0 Å². The first-order valence-electron chi connectivity index (χ1n) is 9.83. The number of carbonyl (C=O) groups excluding carboxylic acids is 1. The van der Waals surface area contributed by atoms with Crippen LogP contribution in [0.1, 0.15) is 22.9 Å². The number of ether oxygens (including phenoxy) is 1. The van der Waals surface area contributed by atoms with Gasteiger partial charge in [-0.1, -0.05) is 18.2 Å². The number of halogens is 1. The van der Waals surface area contributed by atoms with Gasteiger partial charge in [-0.3, -0.25) is 9.69 Å². The molecule has 0 bridgehead atoms. The van der Waals surface area contributed by atoms with Gasteiger partial charge in [-0.25, -0.2) is 9.37 Å². The van der Waals surface area contributed by atoms with Gasteiger partial charge in [0.2, 0.25) is 0 Å². The Hall–Kier alpha value is -3.56. The predicted molar refractivity (Wildman–Crippen MR) is 122 cm³/mol. The molecule has 1 amide bonds. The van der Waals surface area contributed by atoms with Crippen LogP contribution in [0.15, 0.2) is 60.7 Å². The van der Waals surface area contributed by atoms with Crippen LogP contribution in [0, 0.1) is 12.7 Å². The molecule has 7 nitrogen and oxygen atoms in total. The van der Waals surface area contributed by atoms with E-state index in [1.165, 1.54) is 29.2 Å². The number of imidazole rings is 1. The summed E-state index contributed by atoms with van der Waals surface area (Å²) in [5, 5.41) is 13.0. The van der Waals surface area contributed by atoms with Crippen molar-refractivity contribution in [3.05, 3.63) is 83.3 Å². The van der Waals surface area contributed by atoms with E-state index in [0.717, 1.165) is 16.9 Å². The van der Waals surface area contributed by atoms with Crippen LogP contribution in [0.2, 0.25) is 0 Å². The minimum absolute atomic E-state index is 0.169. The Labute approximate surface area is 189 Å². The summed E-state index contributed by atoms with van der Waals surface area (Å²) in [5.74, 6) is -0.171. The third-order valence-corrected chi connectivity index (χ3v) is 5.45. The fraction of sp³-hybridized carbons (Fsp3) is 0.174. The van der Waals surface area contributed by atoms with Gasteiger partial charge in [-0.15, -0.1) is 0 Å². The van der Waals surface area contributed by atoms with Gasteiger partial charge in [0.1, 0.15) is 17.3 Å². The molecule has 0 spiro atoms. The molecule has 1 aliphatic heterocycles. The van der Waals surface area contributed by atoms with Crippen LogP contribution in [0.4, 0.5) is 4.39 Å². The smallest absolute Gasteiger partial charge is 0.277 e. The zero-order valence-corrected chi connectivity index (χ0v) is 18.3. The van der Waals surface area contributed by atoms with Crippen LogP contribution in [0.5, 0.6) is 5.75 Å². The number of hydrogen-bond acceptors (Lipinski definition) is 5. The molecule has 164 valence electrons. The molecule has 9 heteroatoms. The number of nitrogens with one attached hydrogen (secondary N) is 1. The number of hydrogen-bond donors (Lipinski definition) is 2. The Kier molecular flexibility index (Phi) is 6.02. The largest absolute Gasteiger partial charge is 0.495 e. The number of methoxy groups -OCH3 is 1. The SMILES string of the molecule is COc1cc(/C=C2\NC(=S)N([C@H](CO)c3ccc(F)cc3)C2=O)ccc1-n1cnc(C)c1. The maximum absolute atomic E-state index is 13.3. The summed E-state index contributed by atoms with van der Waals surface area (Å²) in [6.45, 7) is 1.54. The van der Waals surface area contributed by atoms with Crippen molar-refractivity contribution in [3.63, 3.8) is 0 Å². The molecular weight excluding hydrogens is 431 g/mol. The summed E-state index contributed by atoms with van der Waals surface area (Å²) in [5.41, 5.74) is 3.27. The topological polar surface area (TPSA) is 79.6 Å². The molecule has 3 aromatic rings. The quantitative estimate of drug-likeness (QED) is 0.442. The van der Waals surface area contributed by atoms with E-state index in [-0.39, 0.29) is 23.3 Å². The molecule has 2 N–H and O–H groups in total. The Bertz CT molecular complexity index is 1210.